The van der Waals surface area contributed by atoms with Crippen LogP contribution in [0.5, 0.6) is 0 Å². The van der Waals surface area contributed by atoms with Crippen molar-refractivity contribution in [3.63, 3.8) is 0 Å². The number of piperidine rings is 1. The Kier molecular flexibility index (Phi) is 5.17. The minimum Gasteiger partial charge on any atom is -0.393 e. The van der Waals surface area contributed by atoms with Gasteiger partial charge in [0, 0.05) is 24.9 Å². The third-order valence-corrected chi connectivity index (χ3v) is 5.45. The van der Waals surface area contributed by atoms with E-state index in [1.807, 2.05) is 28.5 Å². The maximum Gasteiger partial charge on any atom is 0.232 e. The highest BCUT2D eigenvalue weighted by Crippen LogP contribution is 2.26. The molecule has 1 amide bonds. The van der Waals surface area contributed by atoms with E-state index in [9.17, 15) is 9.90 Å². The van der Waals surface area contributed by atoms with Crippen LogP contribution in [0.15, 0.2) is 28.1 Å². The fourth-order valence-electron chi connectivity index (χ4n) is 2.36. The van der Waals surface area contributed by atoms with E-state index in [1.54, 1.807) is 23.1 Å². The van der Waals surface area contributed by atoms with Gasteiger partial charge in [0.1, 0.15) is 0 Å². The molecule has 1 N–H and O–H groups in total. The summed E-state index contributed by atoms with van der Waals surface area (Å²) in [5.74, 6) is 2.02. The summed E-state index contributed by atoms with van der Waals surface area (Å²) < 4.78 is 5.32. The number of aliphatic hydroxyl groups is 1. The predicted molar refractivity (Wildman–Crippen MR) is 87.8 cm³/mol. The average Bonchev–Trinajstić information content (AvgIpc) is 3.19. The molecular weight excluding hydrogens is 320 g/mol. The summed E-state index contributed by atoms with van der Waals surface area (Å²) in [5.41, 5.74) is 0.857. The fraction of sp³-hybridized carbons (Fsp3) is 0.467. The molecule has 1 aliphatic heterocycles. The highest BCUT2D eigenvalue weighted by Gasteiger charge is 2.21. The number of nitrogens with zero attached hydrogens (tertiary/aromatic N) is 2. The maximum atomic E-state index is 12.1. The molecule has 5 nitrogen and oxygen atoms in total. The number of thioether (sulfide) groups is 1. The van der Waals surface area contributed by atoms with Crippen LogP contribution in [0.1, 0.15) is 18.5 Å². The molecule has 1 fully saturated rings. The molecule has 0 spiro atoms. The van der Waals surface area contributed by atoms with E-state index in [-0.39, 0.29) is 12.0 Å². The minimum absolute atomic E-state index is 0.138. The van der Waals surface area contributed by atoms with Gasteiger partial charge in [-0.05, 0) is 24.3 Å². The van der Waals surface area contributed by atoms with Crippen LogP contribution in [0.4, 0.5) is 0 Å². The monoisotopic (exact) mass is 338 g/mol. The molecule has 0 radical (unpaired) electrons. The number of thiophene rings is 1. The molecule has 0 saturated carbocycles. The minimum atomic E-state index is -0.248. The van der Waals surface area contributed by atoms with E-state index in [0.29, 0.717) is 37.4 Å². The molecule has 22 heavy (non-hydrogen) atoms. The van der Waals surface area contributed by atoms with Gasteiger partial charge in [0.05, 0.1) is 22.4 Å². The van der Waals surface area contributed by atoms with Crippen molar-refractivity contribution in [2.24, 2.45) is 0 Å². The lowest BCUT2D eigenvalue weighted by molar-refractivity contribution is -0.130. The zero-order chi connectivity index (χ0) is 15.4. The van der Waals surface area contributed by atoms with Crippen LogP contribution in [0.3, 0.4) is 0 Å². The highest BCUT2D eigenvalue weighted by atomic mass is 32.2. The zero-order valence-corrected chi connectivity index (χ0v) is 13.7. The second-order valence-corrected chi connectivity index (χ2v) is 7.20. The first-order valence-electron chi connectivity index (χ1n) is 7.25. The molecule has 7 heteroatoms. The number of rotatable bonds is 5. The van der Waals surface area contributed by atoms with E-state index in [2.05, 4.69) is 5.16 Å². The highest BCUT2D eigenvalue weighted by molar-refractivity contribution is 7.99. The van der Waals surface area contributed by atoms with Crippen LogP contribution in [-0.2, 0) is 10.5 Å². The number of hydrogen-bond donors (Lipinski definition) is 1. The Balaban J connectivity index is 1.44. The van der Waals surface area contributed by atoms with E-state index >= 15 is 0 Å². The maximum absolute atomic E-state index is 12.1. The quantitative estimate of drug-likeness (QED) is 0.908. The van der Waals surface area contributed by atoms with Crippen LogP contribution in [0, 0.1) is 0 Å². The van der Waals surface area contributed by atoms with Gasteiger partial charge in [-0.25, -0.2) is 0 Å². The van der Waals surface area contributed by atoms with Gasteiger partial charge in [-0.2, -0.15) is 0 Å². The van der Waals surface area contributed by atoms with E-state index < -0.39 is 0 Å². The van der Waals surface area contributed by atoms with Crippen molar-refractivity contribution in [1.82, 2.24) is 10.1 Å². The fourth-order valence-corrected chi connectivity index (χ4v) is 3.84. The molecule has 0 aliphatic carbocycles. The Hall–Kier alpha value is -1.31. The number of aromatic nitrogens is 1. The van der Waals surface area contributed by atoms with Gasteiger partial charge in [-0.3, -0.25) is 4.79 Å². The van der Waals surface area contributed by atoms with Gasteiger partial charge in [-0.15, -0.1) is 23.1 Å². The normalized spacial score (nSPS) is 16.1. The summed E-state index contributed by atoms with van der Waals surface area (Å²) in [6, 6.07) is 5.90. The Morgan fingerprint density at radius 2 is 2.32 bits per heavy atom. The molecule has 3 rings (SSSR count). The van der Waals surface area contributed by atoms with Crippen molar-refractivity contribution in [3.8, 4) is 10.6 Å². The molecule has 2 aromatic rings. The smallest absolute Gasteiger partial charge is 0.232 e. The number of amides is 1. The first kappa shape index (κ1) is 15.6. The van der Waals surface area contributed by atoms with E-state index in [4.69, 9.17) is 4.52 Å². The standard InChI is InChI=1S/C15H18N2O3S2/c18-12-3-5-17(6-4-12)15(19)10-21-9-11-8-13(20-16-11)14-2-1-7-22-14/h1-2,7-8,12,18H,3-6,9-10H2. The predicted octanol–water partition coefficient (Wildman–Crippen LogP) is 2.62. The van der Waals surface area contributed by atoms with Gasteiger partial charge >= 0.3 is 0 Å². The van der Waals surface area contributed by atoms with Crippen LogP contribution >= 0.6 is 23.1 Å². The molecule has 1 saturated heterocycles. The summed E-state index contributed by atoms with van der Waals surface area (Å²) in [4.78, 5) is 15.0. The van der Waals surface area contributed by atoms with Gasteiger partial charge in [0.15, 0.2) is 5.76 Å². The van der Waals surface area contributed by atoms with Crippen molar-refractivity contribution in [3.05, 3.63) is 29.3 Å². The number of aliphatic hydroxyl groups excluding tert-OH is 1. The van der Waals surface area contributed by atoms with Gasteiger partial charge in [-0.1, -0.05) is 11.2 Å². The summed E-state index contributed by atoms with van der Waals surface area (Å²) >= 11 is 3.16. The van der Waals surface area contributed by atoms with E-state index in [1.165, 1.54) is 0 Å². The SMILES string of the molecule is O=C(CSCc1cc(-c2cccs2)on1)N1CCC(O)CC1. The average molecular weight is 338 g/mol. The third kappa shape index (κ3) is 3.91. The lowest BCUT2D eigenvalue weighted by atomic mass is 10.1. The Morgan fingerprint density at radius 1 is 1.50 bits per heavy atom. The van der Waals surface area contributed by atoms with Crippen LogP contribution in [0.2, 0.25) is 0 Å². The summed E-state index contributed by atoms with van der Waals surface area (Å²) in [5, 5.41) is 15.5. The van der Waals surface area contributed by atoms with Crippen molar-refractivity contribution in [2.45, 2.75) is 24.7 Å². The molecule has 3 heterocycles. The summed E-state index contributed by atoms with van der Waals surface area (Å²) in [6.07, 6.45) is 1.12. The second kappa shape index (κ2) is 7.30. The summed E-state index contributed by atoms with van der Waals surface area (Å²) in [6.45, 7) is 1.32. The Morgan fingerprint density at radius 3 is 3.05 bits per heavy atom. The van der Waals surface area contributed by atoms with Gasteiger partial charge in [0.2, 0.25) is 5.91 Å². The van der Waals surface area contributed by atoms with Gasteiger partial charge in [0.25, 0.3) is 0 Å². The lowest BCUT2D eigenvalue weighted by Crippen LogP contribution is -2.40. The van der Waals surface area contributed by atoms with Crippen LogP contribution in [0.25, 0.3) is 10.6 Å². The van der Waals surface area contributed by atoms with Crippen molar-refractivity contribution < 1.29 is 14.4 Å². The Labute approximate surface area is 137 Å². The van der Waals surface area contributed by atoms with Crippen molar-refractivity contribution in [2.75, 3.05) is 18.8 Å². The van der Waals surface area contributed by atoms with Crippen LogP contribution < -0.4 is 0 Å². The Bertz CT molecular complexity index is 604. The number of hydrogen-bond acceptors (Lipinski definition) is 6. The number of carbonyl (C=O) groups excluding carboxylic acids is 1. The number of carbonyl (C=O) groups is 1. The first-order valence-corrected chi connectivity index (χ1v) is 9.29. The molecule has 0 aromatic carbocycles. The molecule has 2 aromatic heterocycles. The van der Waals surface area contributed by atoms with Gasteiger partial charge < -0.3 is 14.5 Å². The molecule has 118 valence electrons. The van der Waals surface area contributed by atoms with E-state index in [0.717, 1.165) is 16.3 Å². The number of likely N-dealkylation sites (tertiary alicyclic amines) is 1. The molecule has 0 bridgehead atoms. The summed E-state index contributed by atoms with van der Waals surface area (Å²) in [7, 11) is 0. The zero-order valence-electron chi connectivity index (χ0n) is 12.1. The van der Waals surface area contributed by atoms with Crippen molar-refractivity contribution >= 4 is 29.0 Å². The molecular formula is C15H18N2O3S2. The molecule has 1 aliphatic rings. The van der Waals surface area contributed by atoms with Crippen LogP contribution in [-0.4, -0.2) is 46.0 Å². The molecule has 0 atom stereocenters. The molecule has 0 unspecified atom stereocenters. The largest absolute Gasteiger partial charge is 0.393 e. The topological polar surface area (TPSA) is 66.6 Å². The second-order valence-electron chi connectivity index (χ2n) is 5.26. The van der Waals surface area contributed by atoms with Crippen molar-refractivity contribution in [1.29, 1.82) is 0 Å². The first-order chi connectivity index (χ1) is 10.7. The third-order valence-electron chi connectivity index (χ3n) is 3.62. The lowest BCUT2D eigenvalue weighted by Gasteiger charge is -2.29.